The Morgan fingerprint density at radius 3 is 2.71 bits per heavy atom. The fraction of sp³-hybridized carbons (Fsp3) is 0.500. The van der Waals surface area contributed by atoms with Gasteiger partial charge in [0.1, 0.15) is 22.0 Å². The topological polar surface area (TPSA) is 53.9 Å². The van der Waals surface area contributed by atoms with Crippen LogP contribution < -0.4 is 5.32 Å². The van der Waals surface area contributed by atoms with E-state index in [-0.39, 0.29) is 6.09 Å². The van der Waals surface area contributed by atoms with Crippen LogP contribution in [0, 0.1) is 0 Å². The molecular formula is C18H23N3O2S. The molecule has 0 aromatic heterocycles. The molecule has 5 nitrogen and oxygen atoms in total. The summed E-state index contributed by atoms with van der Waals surface area (Å²) in [5, 5.41) is 3.34. The van der Waals surface area contributed by atoms with Crippen LogP contribution in [0.2, 0.25) is 0 Å². The number of likely N-dealkylation sites (tertiary alicyclic amines) is 1. The van der Waals surface area contributed by atoms with Crippen LogP contribution in [0.5, 0.6) is 0 Å². The molecule has 1 unspecified atom stereocenters. The molecule has 1 amide bonds. The Hall–Kier alpha value is -1.95. The van der Waals surface area contributed by atoms with Gasteiger partial charge in [-0.2, -0.15) is 0 Å². The minimum Gasteiger partial charge on any atom is -0.444 e. The summed E-state index contributed by atoms with van der Waals surface area (Å²) in [6.45, 7) is 6.78. The van der Waals surface area contributed by atoms with Crippen LogP contribution >= 0.6 is 12.2 Å². The standard InChI is InChI=1S/C18H23N3O2S/c1-17(2,3)23-16(22)21-11-7-10-18(12-21)19-14(15(24)20-18)13-8-5-4-6-9-13/h4-6,8-9H,7,10-12H2,1-3H3,(H,20,24). The van der Waals surface area contributed by atoms with E-state index >= 15 is 0 Å². The summed E-state index contributed by atoms with van der Waals surface area (Å²) in [5.41, 5.74) is 0.772. The van der Waals surface area contributed by atoms with E-state index in [4.69, 9.17) is 21.9 Å². The Morgan fingerprint density at radius 2 is 2.04 bits per heavy atom. The first-order valence-electron chi connectivity index (χ1n) is 8.24. The zero-order valence-corrected chi connectivity index (χ0v) is 15.2. The second kappa shape index (κ2) is 6.16. The van der Waals surface area contributed by atoms with Crippen molar-refractivity contribution in [3.63, 3.8) is 0 Å². The van der Waals surface area contributed by atoms with Gasteiger partial charge < -0.3 is 15.0 Å². The van der Waals surface area contributed by atoms with E-state index < -0.39 is 11.3 Å². The quantitative estimate of drug-likeness (QED) is 0.795. The fourth-order valence-corrected chi connectivity index (χ4v) is 3.42. The molecule has 0 aliphatic carbocycles. The predicted molar refractivity (Wildman–Crippen MR) is 98.5 cm³/mol. The maximum Gasteiger partial charge on any atom is 0.410 e. The molecule has 1 spiro atoms. The molecule has 2 heterocycles. The van der Waals surface area contributed by atoms with Crippen molar-refractivity contribution in [3.05, 3.63) is 35.9 Å². The molecule has 1 aromatic carbocycles. The molecular weight excluding hydrogens is 322 g/mol. The first-order valence-corrected chi connectivity index (χ1v) is 8.65. The predicted octanol–water partition coefficient (Wildman–Crippen LogP) is 3.13. The molecule has 0 saturated carbocycles. The van der Waals surface area contributed by atoms with Gasteiger partial charge >= 0.3 is 6.09 Å². The normalized spacial score (nSPS) is 23.9. The molecule has 2 aliphatic rings. The van der Waals surface area contributed by atoms with E-state index in [9.17, 15) is 4.79 Å². The number of ether oxygens (including phenoxy) is 1. The fourth-order valence-electron chi connectivity index (χ4n) is 3.07. The van der Waals surface area contributed by atoms with Crippen LogP contribution in [-0.2, 0) is 4.74 Å². The summed E-state index contributed by atoms with van der Waals surface area (Å²) in [6, 6.07) is 9.91. The van der Waals surface area contributed by atoms with Crippen molar-refractivity contribution in [1.29, 1.82) is 0 Å². The smallest absolute Gasteiger partial charge is 0.410 e. The van der Waals surface area contributed by atoms with Crippen LogP contribution in [-0.4, -0.2) is 46.0 Å². The zero-order valence-electron chi connectivity index (χ0n) is 14.3. The lowest BCUT2D eigenvalue weighted by Gasteiger charge is -2.39. The maximum absolute atomic E-state index is 12.4. The lowest BCUT2D eigenvalue weighted by molar-refractivity contribution is 0.0135. The lowest BCUT2D eigenvalue weighted by atomic mass is 10.00. The highest BCUT2D eigenvalue weighted by molar-refractivity contribution is 7.82. The monoisotopic (exact) mass is 345 g/mol. The molecule has 0 bridgehead atoms. The molecule has 1 N–H and O–H groups in total. The first-order chi connectivity index (χ1) is 11.3. The average molecular weight is 345 g/mol. The molecule has 1 aromatic rings. The second-order valence-corrected chi connectivity index (χ2v) is 7.73. The van der Waals surface area contributed by atoms with Crippen molar-refractivity contribution in [3.8, 4) is 0 Å². The third kappa shape index (κ3) is 3.59. The molecule has 1 fully saturated rings. The van der Waals surface area contributed by atoms with E-state index in [2.05, 4.69) is 5.32 Å². The van der Waals surface area contributed by atoms with Crippen molar-refractivity contribution in [2.45, 2.75) is 44.9 Å². The van der Waals surface area contributed by atoms with Crippen molar-refractivity contribution >= 4 is 29.0 Å². The van der Waals surface area contributed by atoms with Crippen LogP contribution in [0.1, 0.15) is 39.2 Å². The third-order valence-electron chi connectivity index (χ3n) is 4.06. The summed E-state index contributed by atoms with van der Waals surface area (Å²) < 4.78 is 5.50. The third-order valence-corrected chi connectivity index (χ3v) is 4.35. The molecule has 128 valence electrons. The van der Waals surface area contributed by atoms with Crippen molar-refractivity contribution in [2.24, 2.45) is 4.99 Å². The van der Waals surface area contributed by atoms with Gasteiger partial charge in [-0.3, -0.25) is 4.99 Å². The molecule has 0 radical (unpaired) electrons. The summed E-state index contributed by atoms with van der Waals surface area (Å²) >= 11 is 5.49. The van der Waals surface area contributed by atoms with Crippen molar-refractivity contribution < 1.29 is 9.53 Å². The Balaban J connectivity index is 1.80. The molecule has 2 aliphatic heterocycles. The molecule has 6 heteroatoms. The minimum absolute atomic E-state index is 0.294. The van der Waals surface area contributed by atoms with E-state index in [1.165, 1.54) is 0 Å². The summed E-state index contributed by atoms with van der Waals surface area (Å²) in [4.78, 5) is 19.6. The number of aliphatic imine (C=N–C) groups is 1. The molecule has 3 rings (SSSR count). The summed E-state index contributed by atoms with van der Waals surface area (Å²) in [7, 11) is 0. The van der Waals surface area contributed by atoms with E-state index in [1.807, 2.05) is 51.1 Å². The van der Waals surface area contributed by atoms with Crippen LogP contribution in [0.3, 0.4) is 0 Å². The maximum atomic E-state index is 12.4. The van der Waals surface area contributed by atoms with Gasteiger partial charge in [-0.15, -0.1) is 0 Å². The number of carbonyl (C=O) groups is 1. The van der Waals surface area contributed by atoms with Crippen molar-refractivity contribution in [1.82, 2.24) is 10.2 Å². The van der Waals surface area contributed by atoms with Gasteiger partial charge in [-0.25, -0.2) is 4.79 Å². The number of piperidine rings is 1. The van der Waals surface area contributed by atoms with Crippen LogP contribution in [0.15, 0.2) is 35.3 Å². The number of benzene rings is 1. The average Bonchev–Trinajstić information content (AvgIpc) is 2.82. The highest BCUT2D eigenvalue weighted by Gasteiger charge is 2.43. The number of amides is 1. The number of carbonyl (C=O) groups excluding carboxylic acids is 1. The van der Waals surface area contributed by atoms with Gasteiger partial charge in [-0.1, -0.05) is 42.5 Å². The number of hydrogen-bond donors (Lipinski definition) is 1. The summed E-state index contributed by atoms with van der Waals surface area (Å²) in [6.07, 6.45) is 1.42. The van der Waals surface area contributed by atoms with Gasteiger partial charge in [0.15, 0.2) is 0 Å². The first kappa shape index (κ1) is 16.9. The van der Waals surface area contributed by atoms with Gasteiger partial charge in [-0.05, 0) is 33.6 Å². The number of rotatable bonds is 1. The lowest BCUT2D eigenvalue weighted by Crippen LogP contribution is -2.56. The van der Waals surface area contributed by atoms with E-state index in [0.29, 0.717) is 18.1 Å². The zero-order chi connectivity index (χ0) is 17.4. The highest BCUT2D eigenvalue weighted by Crippen LogP contribution is 2.29. The number of nitrogens with one attached hydrogen (secondary N) is 1. The molecule has 24 heavy (non-hydrogen) atoms. The van der Waals surface area contributed by atoms with Gasteiger partial charge in [0.2, 0.25) is 0 Å². The van der Waals surface area contributed by atoms with Crippen LogP contribution in [0.25, 0.3) is 0 Å². The Morgan fingerprint density at radius 1 is 1.33 bits per heavy atom. The number of hydrogen-bond acceptors (Lipinski definition) is 4. The Bertz CT molecular complexity index is 681. The van der Waals surface area contributed by atoms with Gasteiger partial charge in [0.25, 0.3) is 0 Å². The highest BCUT2D eigenvalue weighted by atomic mass is 32.1. The number of nitrogens with zero attached hydrogens (tertiary/aromatic N) is 2. The second-order valence-electron chi connectivity index (χ2n) is 7.32. The Labute approximate surface area is 148 Å². The Kier molecular flexibility index (Phi) is 4.34. The molecule has 1 atom stereocenters. The van der Waals surface area contributed by atoms with Gasteiger partial charge in [0.05, 0.1) is 6.54 Å². The number of thiocarbonyl (C=S) groups is 1. The van der Waals surface area contributed by atoms with Crippen molar-refractivity contribution in [2.75, 3.05) is 13.1 Å². The van der Waals surface area contributed by atoms with Crippen LogP contribution in [0.4, 0.5) is 4.79 Å². The van der Waals surface area contributed by atoms with E-state index in [1.54, 1.807) is 4.90 Å². The van der Waals surface area contributed by atoms with E-state index in [0.717, 1.165) is 24.1 Å². The van der Waals surface area contributed by atoms with Gasteiger partial charge in [0, 0.05) is 12.1 Å². The minimum atomic E-state index is -0.530. The largest absolute Gasteiger partial charge is 0.444 e. The SMILES string of the molecule is CC(C)(C)OC(=O)N1CCCC2(C1)N=C(c1ccccc1)C(=S)N2. The summed E-state index contributed by atoms with van der Waals surface area (Å²) in [5.74, 6) is 0. The molecule has 1 saturated heterocycles.